The molecule has 1 saturated carbocycles. The molecule has 1 aromatic carbocycles. The molecule has 1 aromatic heterocycles. The molecule has 1 aliphatic heterocycles. The first-order valence-corrected chi connectivity index (χ1v) is 8.36. The maximum absolute atomic E-state index is 13.0. The first-order chi connectivity index (χ1) is 11.6. The summed E-state index contributed by atoms with van der Waals surface area (Å²) in [6, 6.07) is 7.88. The predicted molar refractivity (Wildman–Crippen MR) is 86.0 cm³/mol. The van der Waals surface area contributed by atoms with Crippen LogP contribution >= 0.6 is 0 Å². The van der Waals surface area contributed by atoms with Gasteiger partial charge in [0.15, 0.2) is 0 Å². The van der Waals surface area contributed by atoms with Crippen LogP contribution in [0.3, 0.4) is 0 Å². The van der Waals surface area contributed by atoms with Gasteiger partial charge in [0.25, 0.3) is 0 Å². The quantitative estimate of drug-likeness (QED) is 0.934. The van der Waals surface area contributed by atoms with Crippen LogP contribution in [0.15, 0.2) is 36.5 Å². The number of likely N-dealkylation sites (tertiary alicyclic amines) is 1. The molecule has 0 radical (unpaired) electrons. The Morgan fingerprint density at radius 3 is 2.75 bits per heavy atom. The van der Waals surface area contributed by atoms with Crippen LogP contribution in [0.4, 0.5) is 4.39 Å². The number of carbonyl (C=O) groups is 1. The summed E-state index contributed by atoms with van der Waals surface area (Å²) in [4.78, 5) is 14.3. The van der Waals surface area contributed by atoms with E-state index in [1.165, 1.54) is 12.1 Å². The van der Waals surface area contributed by atoms with Crippen LogP contribution in [0.2, 0.25) is 0 Å². The molecule has 1 amide bonds. The third-order valence-corrected chi connectivity index (χ3v) is 5.24. The zero-order chi connectivity index (χ0) is 16.7. The summed E-state index contributed by atoms with van der Waals surface area (Å²) in [6.07, 6.45) is 3.64. The van der Waals surface area contributed by atoms with E-state index in [1.54, 1.807) is 23.0 Å². The van der Waals surface area contributed by atoms with E-state index in [9.17, 15) is 14.3 Å². The highest BCUT2D eigenvalue weighted by Gasteiger charge is 2.43. The molecule has 126 valence electrons. The third kappa shape index (κ3) is 2.82. The van der Waals surface area contributed by atoms with Crippen molar-refractivity contribution >= 4 is 5.91 Å². The van der Waals surface area contributed by atoms with Gasteiger partial charge >= 0.3 is 0 Å². The lowest BCUT2D eigenvalue weighted by molar-refractivity contribution is -0.129. The van der Waals surface area contributed by atoms with Crippen molar-refractivity contribution in [2.75, 3.05) is 13.1 Å². The Bertz CT molecular complexity index is 743. The second-order valence-corrected chi connectivity index (χ2v) is 6.77. The number of aromatic nitrogens is 2. The number of nitrogens with zero attached hydrogens (tertiary/aromatic N) is 3. The maximum Gasteiger partial charge on any atom is 0.228 e. The molecular formula is C18H20FN3O2. The van der Waals surface area contributed by atoms with E-state index in [1.807, 2.05) is 11.0 Å². The largest absolute Gasteiger partial charge is 0.393 e. The summed E-state index contributed by atoms with van der Waals surface area (Å²) in [5.41, 5.74) is 1.45. The van der Waals surface area contributed by atoms with Crippen LogP contribution in [0, 0.1) is 17.7 Å². The van der Waals surface area contributed by atoms with Gasteiger partial charge in [0.2, 0.25) is 5.91 Å². The Kier molecular flexibility index (Phi) is 3.84. The number of rotatable bonds is 3. The normalized spacial score (nSPS) is 25.9. The zero-order valence-electron chi connectivity index (χ0n) is 13.3. The number of amides is 1. The minimum Gasteiger partial charge on any atom is -0.393 e. The highest BCUT2D eigenvalue weighted by Crippen LogP contribution is 2.38. The minimum absolute atomic E-state index is 0.0564. The number of halogens is 1. The Labute approximate surface area is 139 Å². The lowest BCUT2D eigenvalue weighted by atomic mass is 10.00. The topological polar surface area (TPSA) is 58.4 Å². The Morgan fingerprint density at radius 2 is 2.00 bits per heavy atom. The van der Waals surface area contributed by atoms with E-state index in [2.05, 4.69) is 5.10 Å². The van der Waals surface area contributed by atoms with Gasteiger partial charge < -0.3 is 10.0 Å². The van der Waals surface area contributed by atoms with Crippen LogP contribution in [0.25, 0.3) is 5.69 Å². The Hall–Kier alpha value is -2.21. The first-order valence-electron chi connectivity index (χ1n) is 8.36. The van der Waals surface area contributed by atoms with Crippen molar-refractivity contribution in [2.24, 2.45) is 11.8 Å². The standard InChI is InChI=1S/C18H20FN3O2/c19-13-2-4-15(5-3-13)22-8-7-14(20-22)9-18(24)21-10-12-1-6-17(23)16(12)11-21/h2-5,7-8,12,16-17,23H,1,6,9-11H2/t12-,16-,17-/m0/s1. The second-order valence-electron chi connectivity index (χ2n) is 6.77. The fourth-order valence-electron chi connectivity index (χ4n) is 3.90. The average Bonchev–Trinajstić information content (AvgIpc) is 3.26. The van der Waals surface area contributed by atoms with Crippen LogP contribution < -0.4 is 0 Å². The summed E-state index contributed by atoms with van der Waals surface area (Å²) in [6.45, 7) is 1.41. The van der Waals surface area contributed by atoms with Crippen molar-refractivity contribution in [3.8, 4) is 5.69 Å². The number of hydrogen-bond donors (Lipinski definition) is 1. The fourth-order valence-corrected chi connectivity index (χ4v) is 3.90. The third-order valence-electron chi connectivity index (χ3n) is 5.24. The van der Waals surface area contributed by atoms with Gasteiger partial charge in [-0.3, -0.25) is 4.79 Å². The summed E-state index contributed by atoms with van der Waals surface area (Å²) in [5, 5.41) is 14.4. The van der Waals surface area contributed by atoms with Gasteiger partial charge in [-0.25, -0.2) is 9.07 Å². The van der Waals surface area contributed by atoms with E-state index in [0.717, 1.165) is 25.1 Å². The van der Waals surface area contributed by atoms with Gasteiger partial charge in [0.05, 0.1) is 23.9 Å². The number of benzene rings is 1. The Balaban J connectivity index is 1.41. The van der Waals surface area contributed by atoms with Gasteiger partial charge in [-0.1, -0.05) is 0 Å². The fraction of sp³-hybridized carbons (Fsp3) is 0.444. The lowest BCUT2D eigenvalue weighted by Gasteiger charge is -2.17. The highest BCUT2D eigenvalue weighted by atomic mass is 19.1. The molecule has 0 spiro atoms. The van der Waals surface area contributed by atoms with Crippen LogP contribution in [-0.4, -0.2) is 44.9 Å². The van der Waals surface area contributed by atoms with Crippen LogP contribution in [0.5, 0.6) is 0 Å². The van der Waals surface area contributed by atoms with E-state index in [4.69, 9.17) is 0 Å². The number of aliphatic hydroxyl groups is 1. The number of hydrogen-bond acceptors (Lipinski definition) is 3. The molecule has 0 bridgehead atoms. The monoisotopic (exact) mass is 329 g/mol. The van der Waals surface area contributed by atoms with E-state index in [-0.39, 0.29) is 30.2 Å². The number of fused-ring (bicyclic) bond motifs is 1. The molecule has 6 heteroatoms. The van der Waals surface area contributed by atoms with Crippen LogP contribution in [0.1, 0.15) is 18.5 Å². The molecule has 1 saturated heterocycles. The Morgan fingerprint density at radius 1 is 1.21 bits per heavy atom. The van der Waals surface area contributed by atoms with Crippen molar-refractivity contribution in [3.05, 3.63) is 48.0 Å². The molecule has 2 aliphatic rings. The van der Waals surface area contributed by atoms with Gasteiger partial charge in [-0.2, -0.15) is 5.10 Å². The van der Waals surface area contributed by atoms with Crippen LogP contribution in [-0.2, 0) is 11.2 Å². The molecule has 2 heterocycles. The predicted octanol–water partition coefficient (Wildman–Crippen LogP) is 1.78. The lowest BCUT2D eigenvalue weighted by Crippen LogP contribution is -2.32. The van der Waals surface area contributed by atoms with E-state index >= 15 is 0 Å². The molecule has 3 atom stereocenters. The van der Waals surface area contributed by atoms with Crippen molar-refractivity contribution in [2.45, 2.75) is 25.4 Å². The van der Waals surface area contributed by atoms with E-state index in [0.29, 0.717) is 18.2 Å². The maximum atomic E-state index is 13.0. The van der Waals surface area contributed by atoms with Crippen molar-refractivity contribution < 1.29 is 14.3 Å². The highest BCUT2D eigenvalue weighted by molar-refractivity contribution is 5.78. The molecule has 2 aromatic rings. The molecule has 1 aliphatic carbocycles. The molecule has 2 fully saturated rings. The summed E-state index contributed by atoms with van der Waals surface area (Å²) in [7, 11) is 0. The summed E-state index contributed by atoms with van der Waals surface area (Å²) < 4.78 is 14.6. The number of carbonyl (C=O) groups excluding carboxylic acids is 1. The number of aliphatic hydroxyl groups excluding tert-OH is 1. The van der Waals surface area contributed by atoms with E-state index < -0.39 is 0 Å². The van der Waals surface area contributed by atoms with Gasteiger partial charge in [0, 0.05) is 25.2 Å². The molecular weight excluding hydrogens is 309 g/mol. The molecule has 0 unspecified atom stereocenters. The smallest absolute Gasteiger partial charge is 0.228 e. The first kappa shape index (κ1) is 15.3. The van der Waals surface area contributed by atoms with Gasteiger partial charge in [0.1, 0.15) is 5.82 Å². The van der Waals surface area contributed by atoms with Gasteiger partial charge in [-0.15, -0.1) is 0 Å². The average molecular weight is 329 g/mol. The molecule has 4 rings (SSSR count). The zero-order valence-corrected chi connectivity index (χ0v) is 13.3. The molecule has 24 heavy (non-hydrogen) atoms. The van der Waals surface area contributed by atoms with Crippen molar-refractivity contribution in [1.29, 1.82) is 0 Å². The molecule has 5 nitrogen and oxygen atoms in total. The molecule has 1 N–H and O–H groups in total. The SMILES string of the molecule is O=C(Cc1ccn(-c2ccc(F)cc2)n1)N1C[C@@H]2CC[C@H](O)[C@H]2C1. The minimum atomic E-state index is -0.289. The summed E-state index contributed by atoms with van der Waals surface area (Å²) >= 11 is 0. The second kappa shape index (κ2) is 6.02. The van der Waals surface area contributed by atoms with Crippen molar-refractivity contribution in [3.63, 3.8) is 0 Å². The van der Waals surface area contributed by atoms with Crippen molar-refractivity contribution in [1.82, 2.24) is 14.7 Å². The summed E-state index contributed by atoms with van der Waals surface area (Å²) in [5.74, 6) is 0.454. The van der Waals surface area contributed by atoms with Gasteiger partial charge in [-0.05, 0) is 49.1 Å².